The molecule has 0 aliphatic rings. The van der Waals surface area contributed by atoms with Gasteiger partial charge in [-0.3, -0.25) is 10.1 Å². The molecule has 0 amide bonds. The number of nitrogens with zero attached hydrogens (tertiary/aromatic N) is 2. The normalized spacial score (nSPS) is 16.8. The molecule has 0 aliphatic heterocycles. The lowest BCUT2D eigenvalue weighted by Crippen LogP contribution is -2.57. The zero-order valence-corrected chi connectivity index (χ0v) is 6.86. The highest BCUT2D eigenvalue weighted by Crippen LogP contribution is 2.33. The Morgan fingerprint density at radius 3 is 1.93 bits per heavy atom. The third-order valence-electron chi connectivity index (χ3n) is 1.14. The topological polar surface area (TPSA) is 144 Å². The van der Waals surface area contributed by atoms with E-state index in [1.54, 1.807) is 0 Å². The number of nitro groups is 1. The van der Waals surface area contributed by atoms with Gasteiger partial charge in [-0.25, -0.2) is 8.42 Å². The van der Waals surface area contributed by atoms with Crippen LogP contribution in [0, 0.1) is 21.4 Å². The first-order chi connectivity index (χ1) is 6.00. The van der Waals surface area contributed by atoms with Crippen LogP contribution in [-0.2, 0) is 10.1 Å². The molecule has 14 heavy (non-hydrogen) atoms. The molecular formula is C3HF2N2O6S-. The maximum atomic E-state index is 12.4. The summed E-state index contributed by atoms with van der Waals surface area (Å²) in [6.07, 6.45) is 0. The number of hydrogen-bond donors (Lipinski definition) is 1. The van der Waals surface area contributed by atoms with Gasteiger partial charge >= 0.3 is 11.0 Å². The smallest absolute Gasteiger partial charge is 0.487 e. The Bertz CT molecular complexity index is 398. The lowest BCUT2D eigenvalue weighted by molar-refractivity contribution is -0.626. The van der Waals surface area contributed by atoms with Gasteiger partial charge in [0, 0.05) is 0 Å². The number of alkyl halides is 2. The molecule has 0 saturated heterocycles. The Hall–Kier alpha value is -1.38. The summed E-state index contributed by atoms with van der Waals surface area (Å²) in [6, 6.07) is 0.0520. The first-order valence-corrected chi connectivity index (χ1v) is 4.03. The van der Waals surface area contributed by atoms with Crippen LogP contribution in [0.25, 0.3) is 0 Å². The van der Waals surface area contributed by atoms with Crippen LogP contribution < -0.4 is 0 Å². The Labute approximate surface area is 75.3 Å². The molecule has 1 unspecified atom stereocenters. The van der Waals surface area contributed by atoms with E-state index in [2.05, 4.69) is 0 Å². The number of hydrogen-bond acceptors (Lipinski definition) is 7. The van der Waals surface area contributed by atoms with E-state index in [0.29, 0.717) is 0 Å². The van der Waals surface area contributed by atoms with Crippen molar-refractivity contribution >= 4 is 10.1 Å². The second-order valence-corrected chi connectivity index (χ2v) is 3.43. The number of aliphatic hydroxyl groups is 1. The van der Waals surface area contributed by atoms with Crippen LogP contribution in [0.4, 0.5) is 8.78 Å². The fourth-order valence-corrected chi connectivity index (χ4v) is 0.855. The Morgan fingerprint density at radius 1 is 1.50 bits per heavy atom. The molecule has 0 fully saturated rings. The molecule has 0 aromatic carbocycles. The van der Waals surface area contributed by atoms with Gasteiger partial charge in [-0.05, 0) is 0 Å². The van der Waals surface area contributed by atoms with E-state index < -0.39 is 26.0 Å². The predicted octanol–water partition coefficient (Wildman–Crippen LogP) is -1.39. The lowest BCUT2D eigenvalue weighted by Gasteiger charge is -2.23. The van der Waals surface area contributed by atoms with Crippen molar-refractivity contribution < 1.29 is 31.8 Å². The van der Waals surface area contributed by atoms with E-state index in [-0.39, 0.29) is 6.07 Å². The van der Waals surface area contributed by atoms with Crippen molar-refractivity contribution in [1.29, 1.82) is 5.26 Å². The summed E-state index contributed by atoms with van der Waals surface area (Å²) in [4.78, 5) is 7.53. The molecule has 0 aromatic rings. The monoisotopic (exact) mass is 231 g/mol. The van der Waals surface area contributed by atoms with Gasteiger partial charge in [0.25, 0.3) is 0 Å². The van der Waals surface area contributed by atoms with Gasteiger partial charge in [0.05, 0.1) is 4.92 Å². The summed E-state index contributed by atoms with van der Waals surface area (Å²) >= 11 is 0. The molecule has 1 N–H and O–H groups in total. The maximum absolute atomic E-state index is 12.4. The van der Waals surface area contributed by atoms with Gasteiger partial charge in [-0.2, -0.15) is 14.0 Å². The molecule has 0 spiro atoms. The lowest BCUT2D eigenvalue weighted by atomic mass is 10.3. The standard InChI is InChI=1S/C3H2F2N2O6S/c4-3(5,14(11,12)13)2(8,1-6)7(9)10/h8H,(H,11,12,13)/p-1. The van der Waals surface area contributed by atoms with Crippen LogP contribution in [0.3, 0.4) is 0 Å². The van der Waals surface area contributed by atoms with E-state index >= 15 is 0 Å². The summed E-state index contributed by atoms with van der Waals surface area (Å²) < 4.78 is 54.4. The fourth-order valence-electron chi connectivity index (χ4n) is 0.386. The van der Waals surface area contributed by atoms with Crippen molar-refractivity contribution in [2.45, 2.75) is 11.0 Å². The van der Waals surface area contributed by atoms with E-state index in [4.69, 9.17) is 10.4 Å². The third-order valence-corrected chi connectivity index (χ3v) is 2.05. The van der Waals surface area contributed by atoms with Gasteiger partial charge in [0.2, 0.25) is 0 Å². The second kappa shape index (κ2) is 3.08. The molecule has 1 atom stereocenters. The molecule has 0 aromatic heterocycles. The minimum Gasteiger partial charge on any atom is -0.743 e. The SMILES string of the molecule is N#CC(O)([N+](=O)[O-])C(F)(F)S(=O)(=O)[O-]. The molecule has 0 heterocycles. The highest BCUT2D eigenvalue weighted by molar-refractivity contribution is 7.86. The molecule has 0 aliphatic carbocycles. The Kier molecular flexibility index (Phi) is 2.78. The first kappa shape index (κ1) is 12.6. The number of halogens is 2. The predicted molar refractivity (Wildman–Crippen MR) is 32.2 cm³/mol. The minimum absolute atomic E-state index is 0.0520. The highest BCUT2D eigenvalue weighted by atomic mass is 32.2. The molecular weight excluding hydrogens is 230 g/mol. The van der Waals surface area contributed by atoms with E-state index in [1.165, 1.54) is 0 Å². The van der Waals surface area contributed by atoms with E-state index in [9.17, 15) is 31.9 Å². The molecule has 11 heteroatoms. The van der Waals surface area contributed by atoms with Gasteiger partial charge in [-0.1, -0.05) is 0 Å². The van der Waals surface area contributed by atoms with Crippen molar-refractivity contribution in [2.24, 2.45) is 0 Å². The quantitative estimate of drug-likeness (QED) is 0.207. The average Bonchev–Trinajstić information content (AvgIpc) is 2.00. The highest BCUT2D eigenvalue weighted by Gasteiger charge is 2.70. The van der Waals surface area contributed by atoms with Crippen molar-refractivity contribution in [3.05, 3.63) is 10.1 Å². The van der Waals surface area contributed by atoms with Crippen molar-refractivity contribution in [2.75, 3.05) is 0 Å². The summed E-state index contributed by atoms with van der Waals surface area (Å²) in [5.41, 5.74) is -4.78. The van der Waals surface area contributed by atoms with Gasteiger partial charge in [0.1, 0.15) is 0 Å². The number of nitriles is 1. The first-order valence-electron chi connectivity index (χ1n) is 2.62. The van der Waals surface area contributed by atoms with Crippen molar-refractivity contribution in [3.8, 4) is 6.07 Å². The van der Waals surface area contributed by atoms with Crippen LogP contribution in [0.1, 0.15) is 0 Å². The molecule has 80 valence electrons. The maximum Gasteiger partial charge on any atom is 0.487 e. The molecule has 0 saturated carbocycles. The molecule has 0 rings (SSSR count). The van der Waals surface area contributed by atoms with Crippen molar-refractivity contribution in [1.82, 2.24) is 0 Å². The average molecular weight is 231 g/mol. The zero-order chi connectivity index (χ0) is 11.8. The Morgan fingerprint density at radius 2 is 1.86 bits per heavy atom. The van der Waals surface area contributed by atoms with Gasteiger partial charge in [0.15, 0.2) is 16.2 Å². The zero-order valence-electron chi connectivity index (χ0n) is 6.05. The summed E-state index contributed by atoms with van der Waals surface area (Å²) in [7, 11) is -6.51. The van der Waals surface area contributed by atoms with Crippen LogP contribution in [0.2, 0.25) is 0 Å². The molecule has 0 bridgehead atoms. The van der Waals surface area contributed by atoms with Gasteiger partial charge < -0.3 is 9.66 Å². The minimum atomic E-state index is -6.51. The second-order valence-electron chi connectivity index (χ2n) is 2.01. The largest absolute Gasteiger partial charge is 0.743 e. The summed E-state index contributed by atoms with van der Waals surface area (Å²) in [5, 5.41) is 20.3. The van der Waals surface area contributed by atoms with Crippen LogP contribution >= 0.6 is 0 Å². The van der Waals surface area contributed by atoms with Crippen LogP contribution in [-0.4, -0.2) is 34.0 Å². The van der Waals surface area contributed by atoms with Crippen LogP contribution in [0.5, 0.6) is 0 Å². The summed E-state index contributed by atoms with van der Waals surface area (Å²) in [6.45, 7) is 0. The molecule has 8 nitrogen and oxygen atoms in total. The van der Waals surface area contributed by atoms with E-state index in [0.717, 1.165) is 0 Å². The van der Waals surface area contributed by atoms with Crippen molar-refractivity contribution in [3.63, 3.8) is 0 Å². The fraction of sp³-hybridized carbons (Fsp3) is 0.667. The van der Waals surface area contributed by atoms with E-state index in [1.807, 2.05) is 0 Å². The van der Waals surface area contributed by atoms with Crippen LogP contribution in [0.15, 0.2) is 0 Å². The Balaban J connectivity index is 5.74. The third kappa shape index (κ3) is 1.50. The summed E-state index contributed by atoms with van der Waals surface area (Å²) in [5.74, 6) is 0. The molecule has 0 radical (unpaired) electrons. The number of rotatable bonds is 3. The van der Waals surface area contributed by atoms with Gasteiger partial charge in [-0.15, -0.1) is 0 Å².